The summed E-state index contributed by atoms with van der Waals surface area (Å²) in [4.78, 5) is 35.3. The Morgan fingerprint density at radius 2 is 2.21 bits per heavy atom. The van der Waals surface area contributed by atoms with Gasteiger partial charge in [-0.25, -0.2) is 0 Å². The van der Waals surface area contributed by atoms with Crippen LogP contribution < -0.4 is 10.2 Å². The van der Waals surface area contributed by atoms with Gasteiger partial charge in [0.05, 0.1) is 17.8 Å². The van der Waals surface area contributed by atoms with E-state index in [1.807, 2.05) is 6.07 Å². The lowest BCUT2D eigenvalue weighted by Gasteiger charge is -2.34. The van der Waals surface area contributed by atoms with Gasteiger partial charge >= 0.3 is 0 Å². The van der Waals surface area contributed by atoms with Gasteiger partial charge in [0.15, 0.2) is 0 Å². The van der Waals surface area contributed by atoms with Gasteiger partial charge < -0.3 is 4.90 Å². The normalized spacial score (nSPS) is 18.7. The second-order valence-electron chi connectivity index (χ2n) is 4.22. The van der Waals surface area contributed by atoms with Crippen LogP contribution in [0.5, 0.6) is 0 Å². The van der Waals surface area contributed by atoms with E-state index in [0.717, 1.165) is 0 Å². The lowest BCUT2D eigenvalue weighted by atomic mass is 10.1. The number of anilines is 1. The number of imide groups is 1. The molecule has 0 radical (unpaired) electrons. The summed E-state index contributed by atoms with van der Waals surface area (Å²) in [5, 5.41) is 11.3. The number of carbonyl (C=O) groups excluding carboxylic acids is 3. The highest BCUT2D eigenvalue weighted by atomic mass is 16.2. The van der Waals surface area contributed by atoms with E-state index in [0.29, 0.717) is 17.5 Å². The maximum absolute atomic E-state index is 11.6. The summed E-state index contributed by atoms with van der Waals surface area (Å²) >= 11 is 0. The molecule has 6 nitrogen and oxygen atoms in total. The maximum atomic E-state index is 11.6. The largest absolute Gasteiger partial charge is 0.349 e. The van der Waals surface area contributed by atoms with Crippen molar-refractivity contribution < 1.29 is 14.4 Å². The summed E-state index contributed by atoms with van der Waals surface area (Å²) in [6, 6.07) is 5.98. The number of aldehydes is 1. The summed E-state index contributed by atoms with van der Waals surface area (Å²) in [5.74, 6) is -0.814. The molecular formula is C13H11N3O3. The first kappa shape index (κ1) is 12.8. The van der Waals surface area contributed by atoms with E-state index < -0.39 is 17.9 Å². The van der Waals surface area contributed by atoms with E-state index in [9.17, 15) is 14.4 Å². The van der Waals surface area contributed by atoms with Gasteiger partial charge in [-0.1, -0.05) is 0 Å². The van der Waals surface area contributed by atoms with E-state index in [4.69, 9.17) is 5.26 Å². The molecule has 0 bridgehead atoms. The summed E-state index contributed by atoms with van der Waals surface area (Å²) in [6.45, 7) is 1.65. The topological polar surface area (TPSA) is 90.3 Å². The van der Waals surface area contributed by atoms with Gasteiger partial charge in [-0.2, -0.15) is 5.26 Å². The first-order chi connectivity index (χ1) is 9.06. The average Bonchev–Trinajstić information content (AvgIpc) is 2.42. The average molecular weight is 257 g/mol. The molecule has 2 rings (SSSR count). The van der Waals surface area contributed by atoms with Gasteiger partial charge in [-0.05, 0) is 25.1 Å². The van der Waals surface area contributed by atoms with Gasteiger partial charge in [0.2, 0.25) is 11.8 Å². The smallest absolute Gasteiger partial charge is 0.249 e. The van der Waals surface area contributed by atoms with Crippen molar-refractivity contribution in [1.82, 2.24) is 5.32 Å². The molecule has 0 aromatic heterocycles. The van der Waals surface area contributed by atoms with Crippen LogP contribution in [0, 0.1) is 11.3 Å². The predicted octanol–water partition coefficient (Wildman–Crippen LogP) is 0.222. The van der Waals surface area contributed by atoms with Crippen LogP contribution in [-0.2, 0) is 9.59 Å². The van der Waals surface area contributed by atoms with Crippen molar-refractivity contribution in [2.75, 3.05) is 11.4 Å². The molecule has 1 atom stereocenters. The number of piperazine rings is 1. The van der Waals surface area contributed by atoms with Crippen LogP contribution in [0.2, 0.25) is 0 Å². The number of amides is 2. The molecule has 0 spiro atoms. The van der Waals surface area contributed by atoms with Gasteiger partial charge in [0, 0.05) is 5.56 Å². The molecule has 1 N–H and O–H groups in total. The van der Waals surface area contributed by atoms with Crippen LogP contribution >= 0.6 is 0 Å². The highest BCUT2D eigenvalue weighted by Gasteiger charge is 2.31. The van der Waals surface area contributed by atoms with Crippen molar-refractivity contribution in [3.63, 3.8) is 0 Å². The summed E-state index contributed by atoms with van der Waals surface area (Å²) in [5.41, 5.74) is 1.11. The summed E-state index contributed by atoms with van der Waals surface area (Å²) in [7, 11) is 0. The molecule has 0 aliphatic carbocycles. The summed E-state index contributed by atoms with van der Waals surface area (Å²) < 4.78 is 0. The third-order valence-electron chi connectivity index (χ3n) is 3.01. The molecule has 1 aromatic rings. The Hall–Kier alpha value is -2.68. The zero-order chi connectivity index (χ0) is 14.0. The molecule has 0 saturated carbocycles. The van der Waals surface area contributed by atoms with Gasteiger partial charge in [-0.3, -0.25) is 19.7 Å². The summed E-state index contributed by atoms with van der Waals surface area (Å²) in [6.07, 6.45) is 0.641. The number of carbonyl (C=O) groups is 3. The number of rotatable bonds is 2. The standard InChI is InChI=1S/C13H11N3O3/c1-8-13(19)15-12(18)6-16(8)11-3-2-9(7-17)4-10(11)5-14/h2-4,7-8H,6H2,1H3,(H,15,18,19). The zero-order valence-electron chi connectivity index (χ0n) is 10.2. The molecule has 1 aromatic carbocycles. The van der Waals surface area contributed by atoms with E-state index >= 15 is 0 Å². The number of nitrogens with one attached hydrogen (secondary N) is 1. The Balaban J connectivity index is 2.46. The van der Waals surface area contributed by atoms with Crippen LogP contribution in [0.1, 0.15) is 22.8 Å². The number of hydrogen-bond donors (Lipinski definition) is 1. The van der Waals surface area contributed by atoms with Crippen LogP contribution in [0.3, 0.4) is 0 Å². The molecule has 96 valence electrons. The van der Waals surface area contributed by atoms with E-state index in [1.54, 1.807) is 24.0 Å². The van der Waals surface area contributed by atoms with Crippen molar-refractivity contribution in [3.05, 3.63) is 29.3 Å². The van der Waals surface area contributed by atoms with Gasteiger partial charge in [-0.15, -0.1) is 0 Å². The third kappa shape index (κ3) is 2.31. The Morgan fingerprint density at radius 3 is 2.84 bits per heavy atom. The minimum Gasteiger partial charge on any atom is -0.349 e. The maximum Gasteiger partial charge on any atom is 0.249 e. The monoisotopic (exact) mass is 257 g/mol. The number of benzene rings is 1. The minimum absolute atomic E-state index is 0.00201. The van der Waals surface area contributed by atoms with Crippen LogP contribution in [-0.4, -0.2) is 30.7 Å². The molecule has 2 amide bonds. The van der Waals surface area contributed by atoms with Gasteiger partial charge in [0.25, 0.3) is 0 Å². The molecule has 1 fully saturated rings. The van der Waals surface area contributed by atoms with Crippen molar-refractivity contribution >= 4 is 23.8 Å². The first-order valence-electron chi connectivity index (χ1n) is 5.66. The van der Waals surface area contributed by atoms with Crippen LogP contribution in [0.15, 0.2) is 18.2 Å². The zero-order valence-corrected chi connectivity index (χ0v) is 10.2. The van der Waals surface area contributed by atoms with Crippen molar-refractivity contribution in [3.8, 4) is 6.07 Å². The fraction of sp³-hybridized carbons (Fsp3) is 0.231. The second-order valence-corrected chi connectivity index (χ2v) is 4.22. The molecule has 1 aliphatic rings. The Labute approximate surface area is 109 Å². The highest BCUT2D eigenvalue weighted by Crippen LogP contribution is 2.24. The van der Waals surface area contributed by atoms with Crippen molar-refractivity contribution in [2.45, 2.75) is 13.0 Å². The lowest BCUT2D eigenvalue weighted by molar-refractivity contribution is -0.132. The molecule has 19 heavy (non-hydrogen) atoms. The molecule has 1 aliphatic heterocycles. The Morgan fingerprint density at radius 1 is 1.47 bits per heavy atom. The molecule has 6 heteroatoms. The second kappa shape index (κ2) is 4.90. The highest BCUT2D eigenvalue weighted by molar-refractivity contribution is 6.04. The number of nitrogens with zero attached hydrogens (tertiary/aromatic N) is 2. The Kier molecular flexibility index (Phi) is 3.29. The number of hydrogen-bond acceptors (Lipinski definition) is 5. The van der Waals surface area contributed by atoms with Crippen LogP contribution in [0.4, 0.5) is 5.69 Å². The molecule has 1 saturated heterocycles. The quantitative estimate of drug-likeness (QED) is 0.604. The van der Waals surface area contributed by atoms with E-state index in [2.05, 4.69) is 5.32 Å². The SMILES string of the molecule is CC1C(=O)NC(=O)CN1c1ccc(C=O)cc1C#N. The minimum atomic E-state index is -0.549. The lowest BCUT2D eigenvalue weighted by Crippen LogP contribution is -2.57. The predicted molar refractivity (Wildman–Crippen MR) is 66.5 cm³/mol. The third-order valence-corrected chi connectivity index (χ3v) is 3.01. The van der Waals surface area contributed by atoms with E-state index in [1.165, 1.54) is 6.07 Å². The fourth-order valence-corrected chi connectivity index (χ4v) is 1.98. The Bertz CT molecular complexity index is 604. The first-order valence-corrected chi connectivity index (χ1v) is 5.66. The fourth-order valence-electron chi connectivity index (χ4n) is 1.98. The van der Waals surface area contributed by atoms with Gasteiger partial charge in [0.1, 0.15) is 18.4 Å². The van der Waals surface area contributed by atoms with Crippen LogP contribution in [0.25, 0.3) is 0 Å². The van der Waals surface area contributed by atoms with Crippen molar-refractivity contribution in [1.29, 1.82) is 5.26 Å². The molecular weight excluding hydrogens is 246 g/mol. The number of nitriles is 1. The molecule has 1 unspecified atom stereocenters. The van der Waals surface area contributed by atoms with E-state index in [-0.39, 0.29) is 12.1 Å². The molecule has 1 heterocycles. The van der Waals surface area contributed by atoms with Crippen molar-refractivity contribution in [2.24, 2.45) is 0 Å².